The van der Waals surface area contributed by atoms with Gasteiger partial charge in [-0.1, -0.05) is 48.0 Å². The Morgan fingerprint density at radius 2 is 1.73 bits per heavy atom. The van der Waals surface area contributed by atoms with Crippen LogP contribution in [0.15, 0.2) is 79.0 Å². The average Bonchev–Trinajstić information content (AvgIpc) is 3.66. The van der Waals surface area contributed by atoms with Crippen LogP contribution in [0.25, 0.3) is 10.9 Å². The number of aromatic nitrogens is 1. The predicted molar refractivity (Wildman–Crippen MR) is 144 cm³/mol. The highest BCUT2D eigenvalue weighted by molar-refractivity contribution is 5.93. The van der Waals surface area contributed by atoms with Gasteiger partial charge in [-0.2, -0.15) is 0 Å². The van der Waals surface area contributed by atoms with Crippen LogP contribution in [0.2, 0.25) is 0 Å². The van der Waals surface area contributed by atoms with Crippen LogP contribution in [0.3, 0.4) is 0 Å². The molecule has 1 heterocycles. The monoisotopic (exact) mass is 498 g/mol. The van der Waals surface area contributed by atoms with E-state index in [-0.39, 0.29) is 30.3 Å². The van der Waals surface area contributed by atoms with Gasteiger partial charge in [-0.05, 0) is 67.6 Å². The maximum absolute atomic E-state index is 13.6. The lowest BCUT2D eigenvalue weighted by Crippen LogP contribution is -2.45. The third-order valence-electron chi connectivity index (χ3n) is 6.82. The van der Waals surface area contributed by atoms with Gasteiger partial charge in [0.25, 0.3) is 0 Å². The van der Waals surface area contributed by atoms with Crippen molar-refractivity contribution in [1.29, 1.82) is 0 Å². The summed E-state index contributed by atoms with van der Waals surface area (Å²) in [5, 5.41) is 4.07. The van der Waals surface area contributed by atoms with Crippen LogP contribution in [0.4, 0.5) is 14.9 Å². The second-order valence-corrected chi connectivity index (χ2v) is 9.71. The van der Waals surface area contributed by atoms with Gasteiger partial charge in [0.2, 0.25) is 5.91 Å². The first-order valence-corrected chi connectivity index (χ1v) is 12.7. The van der Waals surface area contributed by atoms with E-state index in [1.54, 1.807) is 21.9 Å². The normalized spacial score (nSPS) is 12.9. The number of para-hydroxylation sites is 1. The number of hydrogen-bond donors (Lipinski definition) is 2. The molecule has 3 amide bonds. The number of rotatable bonds is 9. The highest BCUT2D eigenvalue weighted by Gasteiger charge is 2.35. The third kappa shape index (κ3) is 6.17. The summed E-state index contributed by atoms with van der Waals surface area (Å²) in [5.74, 6) is -0.441. The number of hydrogen-bond acceptors (Lipinski definition) is 2. The number of H-pyrrole nitrogens is 1. The van der Waals surface area contributed by atoms with Crippen molar-refractivity contribution >= 4 is 28.5 Å². The van der Waals surface area contributed by atoms with Crippen molar-refractivity contribution < 1.29 is 14.0 Å². The number of aromatic amines is 1. The third-order valence-corrected chi connectivity index (χ3v) is 6.82. The van der Waals surface area contributed by atoms with Crippen LogP contribution >= 0.6 is 0 Å². The van der Waals surface area contributed by atoms with Gasteiger partial charge >= 0.3 is 6.03 Å². The number of carbonyl (C=O) groups excluding carboxylic acids is 2. The molecule has 7 heteroatoms. The van der Waals surface area contributed by atoms with E-state index >= 15 is 0 Å². The number of nitrogens with zero attached hydrogens (tertiary/aromatic N) is 2. The van der Waals surface area contributed by atoms with E-state index in [0.29, 0.717) is 25.2 Å². The first-order chi connectivity index (χ1) is 18.0. The van der Waals surface area contributed by atoms with Crippen molar-refractivity contribution in [2.75, 3.05) is 18.4 Å². The van der Waals surface area contributed by atoms with Crippen LogP contribution in [0, 0.1) is 12.7 Å². The molecule has 6 nitrogen and oxygen atoms in total. The Hall–Kier alpha value is -4.13. The number of anilines is 1. The topological polar surface area (TPSA) is 68.4 Å². The maximum Gasteiger partial charge on any atom is 0.322 e. The summed E-state index contributed by atoms with van der Waals surface area (Å²) in [6.45, 7) is 2.82. The van der Waals surface area contributed by atoms with E-state index in [9.17, 15) is 14.0 Å². The Bertz CT molecular complexity index is 1380. The van der Waals surface area contributed by atoms with Gasteiger partial charge in [0, 0.05) is 41.9 Å². The van der Waals surface area contributed by atoms with Crippen LogP contribution in [-0.2, 0) is 17.8 Å². The van der Waals surface area contributed by atoms with Crippen LogP contribution in [-0.4, -0.2) is 45.9 Å². The average molecular weight is 499 g/mol. The Morgan fingerprint density at radius 1 is 1.00 bits per heavy atom. The van der Waals surface area contributed by atoms with Gasteiger partial charge in [-0.15, -0.1) is 0 Å². The van der Waals surface area contributed by atoms with Gasteiger partial charge in [-0.3, -0.25) is 4.79 Å². The van der Waals surface area contributed by atoms with Gasteiger partial charge in [-0.25, -0.2) is 9.18 Å². The zero-order valence-electron chi connectivity index (χ0n) is 20.9. The molecule has 1 aliphatic rings. The van der Waals surface area contributed by atoms with Crippen molar-refractivity contribution in [3.8, 4) is 0 Å². The molecule has 0 saturated heterocycles. The minimum Gasteiger partial charge on any atom is -0.361 e. The van der Waals surface area contributed by atoms with Crippen molar-refractivity contribution in [2.24, 2.45) is 0 Å². The molecule has 5 rings (SSSR count). The van der Waals surface area contributed by atoms with Gasteiger partial charge < -0.3 is 20.1 Å². The number of halogens is 1. The lowest BCUT2D eigenvalue weighted by atomic mass is 10.1. The molecule has 0 bridgehead atoms. The van der Waals surface area contributed by atoms with Crippen molar-refractivity contribution in [3.05, 3.63) is 102 Å². The highest BCUT2D eigenvalue weighted by atomic mass is 19.1. The highest BCUT2D eigenvalue weighted by Crippen LogP contribution is 2.28. The van der Waals surface area contributed by atoms with Crippen molar-refractivity contribution in [1.82, 2.24) is 14.8 Å². The molecule has 0 atom stereocenters. The molecule has 2 N–H and O–H groups in total. The number of benzene rings is 3. The molecule has 0 radical (unpaired) electrons. The zero-order chi connectivity index (χ0) is 25.8. The molecule has 4 aromatic rings. The number of urea groups is 1. The molecular weight excluding hydrogens is 467 g/mol. The molecule has 3 aromatic carbocycles. The number of amides is 3. The molecule has 0 spiro atoms. The molecule has 37 heavy (non-hydrogen) atoms. The number of fused-ring (bicyclic) bond motifs is 1. The summed E-state index contributed by atoms with van der Waals surface area (Å²) in [6.07, 6.45) is 4.43. The van der Waals surface area contributed by atoms with E-state index in [1.165, 1.54) is 12.1 Å². The van der Waals surface area contributed by atoms with Crippen molar-refractivity contribution in [3.63, 3.8) is 0 Å². The van der Waals surface area contributed by atoms with Crippen LogP contribution in [0.5, 0.6) is 0 Å². The lowest BCUT2D eigenvalue weighted by molar-refractivity contribution is -0.132. The Labute approximate surface area is 216 Å². The summed E-state index contributed by atoms with van der Waals surface area (Å²) in [5.41, 5.74) is 4.84. The standard InChI is InChI=1S/C30H31FN4O2/c1-21-6-12-25(13-7-21)33-30(37)35(26-14-15-26)20-29(36)34(19-22-8-10-24(31)11-9-22)17-16-23-18-32-28-5-3-2-4-27(23)28/h2-13,18,26,32H,14-17,19-20H2,1H3,(H,33,37). The number of carbonyl (C=O) groups is 2. The number of aryl methyl sites for hydroxylation is 1. The summed E-state index contributed by atoms with van der Waals surface area (Å²) in [4.78, 5) is 33.4. The zero-order valence-corrected chi connectivity index (χ0v) is 20.9. The molecule has 190 valence electrons. The van der Waals surface area contributed by atoms with E-state index < -0.39 is 0 Å². The summed E-state index contributed by atoms with van der Waals surface area (Å²) in [6, 6.07) is 21.7. The molecule has 1 fully saturated rings. The smallest absolute Gasteiger partial charge is 0.322 e. The minimum absolute atomic E-state index is 0.00254. The molecule has 1 aromatic heterocycles. The molecular formula is C30H31FN4O2. The second-order valence-electron chi connectivity index (χ2n) is 9.71. The second kappa shape index (κ2) is 10.9. The maximum atomic E-state index is 13.6. The first-order valence-electron chi connectivity index (χ1n) is 12.7. The fraction of sp³-hybridized carbons (Fsp3) is 0.267. The van der Waals surface area contributed by atoms with Gasteiger partial charge in [0.05, 0.1) is 0 Å². The first kappa shape index (κ1) is 24.6. The van der Waals surface area contributed by atoms with Gasteiger partial charge in [0.15, 0.2) is 0 Å². The molecule has 0 unspecified atom stereocenters. The minimum atomic E-state index is -0.312. The Morgan fingerprint density at radius 3 is 2.46 bits per heavy atom. The fourth-order valence-electron chi connectivity index (χ4n) is 4.53. The Balaban J connectivity index is 1.31. The summed E-state index contributed by atoms with van der Waals surface area (Å²) >= 11 is 0. The quantitative estimate of drug-likeness (QED) is 0.302. The number of nitrogens with one attached hydrogen (secondary N) is 2. The van der Waals surface area contributed by atoms with E-state index in [0.717, 1.165) is 40.4 Å². The fourth-order valence-corrected chi connectivity index (χ4v) is 4.53. The van der Waals surface area contributed by atoms with Crippen molar-refractivity contribution in [2.45, 2.75) is 38.8 Å². The molecule has 1 aliphatic carbocycles. The summed E-state index contributed by atoms with van der Waals surface area (Å²) in [7, 11) is 0. The molecule has 1 saturated carbocycles. The SMILES string of the molecule is Cc1ccc(NC(=O)N(CC(=O)N(CCc2c[nH]c3ccccc23)Cc2ccc(F)cc2)C2CC2)cc1. The summed E-state index contributed by atoms with van der Waals surface area (Å²) < 4.78 is 13.5. The largest absolute Gasteiger partial charge is 0.361 e. The van der Waals surface area contributed by atoms with Crippen LogP contribution in [0.1, 0.15) is 29.5 Å². The predicted octanol–water partition coefficient (Wildman–Crippen LogP) is 5.88. The van der Waals surface area contributed by atoms with E-state index in [1.807, 2.05) is 55.6 Å². The van der Waals surface area contributed by atoms with E-state index in [4.69, 9.17) is 0 Å². The van der Waals surface area contributed by atoms with Crippen LogP contribution < -0.4 is 5.32 Å². The van der Waals surface area contributed by atoms with E-state index in [2.05, 4.69) is 16.4 Å². The lowest BCUT2D eigenvalue weighted by Gasteiger charge is -2.28. The Kier molecular flexibility index (Phi) is 7.21. The van der Waals surface area contributed by atoms with Gasteiger partial charge in [0.1, 0.15) is 12.4 Å². The molecule has 0 aliphatic heterocycles.